The third-order valence-electron chi connectivity index (χ3n) is 3.46. The molecule has 0 saturated heterocycles. The topological polar surface area (TPSA) is 61.7 Å². The Balaban J connectivity index is 2.19. The molecule has 2 heterocycles. The number of hydrogen-bond donors (Lipinski definition) is 1. The normalized spacial score (nSPS) is 12.9. The quantitative estimate of drug-likeness (QED) is 0.901. The summed E-state index contributed by atoms with van der Waals surface area (Å²) in [6, 6.07) is 2.47. The first-order valence-electron chi connectivity index (χ1n) is 6.36. The molecule has 2 rings (SSSR count). The van der Waals surface area contributed by atoms with E-state index in [1.165, 1.54) is 0 Å². The third-order valence-corrected chi connectivity index (χ3v) is 3.46. The molecule has 0 radical (unpaired) electrons. The van der Waals surface area contributed by atoms with Gasteiger partial charge in [0.05, 0.1) is 29.3 Å². The Morgan fingerprint density at radius 3 is 2.61 bits per heavy atom. The second-order valence-corrected chi connectivity index (χ2v) is 4.79. The minimum atomic E-state index is 0.435. The molecular formula is C13H21N5. The molecule has 1 unspecified atom stereocenters. The predicted octanol–water partition coefficient (Wildman–Crippen LogP) is 2.30. The Morgan fingerprint density at radius 2 is 2.06 bits per heavy atom. The van der Waals surface area contributed by atoms with Crippen molar-refractivity contribution in [1.29, 1.82) is 0 Å². The van der Waals surface area contributed by atoms with E-state index in [1.807, 2.05) is 35.5 Å². The summed E-state index contributed by atoms with van der Waals surface area (Å²) in [5.41, 5.74) is 9.60. The third kappa shape index (κ3) is 2.25. The molecule has 0 aliphatic rings. The first kappa shape index (κ1) is 12.7. The average molecular weight is 247 g/mol. The van der Waals surface area contributed by atoms with Crippen molar-refractivity contribution in [2.24, 2.45) is 0 Å². The van der Waals surface area contributed by atoms with Crippen LogP contribution in [-0.2, 0) is 6.54 Å². The zero-order chi connectivity index (χ0) is 13.3. The SMILES string of the molecule is CCC(C)n1ccc(Cn2nc(C)c(N)c2C)n1. The lowest BCUT2D eigenvalue weighted by atomic mass is 10.3. The fraction of sp³-hybridized carbons (Fsp3) is 0.538. The van der Waals surface area contributed by atoms with Crippen LogP contribution in [0.25, 0.3) is 0 Å². The van der Waals surface area contributed by atoms with Gasteiger partial charge in [0.15, 0.2) is 0 Å². The van der Waals surface area contributed by atoms with E-state index in [1.54, 1.807) is 0 Å². The lowest BCUT2D eigenvalue weighted by molar-refractivity contribution is 0.470. The highest BCUT2D eigenvalue weighted by Gasteiger charge is 2.10. The van der Waals surface area contributed by atoms with E-state index in [4.69, 9.17) is 5.73 Å². The number of hydrogen-bond acceptors (Lipinski definition) is 3. The Kier molecular flexibility index (Phi) is 3.41. The van der Waals surface area contributed by atoms with Crippen LogP contribution >= 0.6 is 0 Å². The predicted molar refractivity (Wildman–Crippen MR) is 72.4 cm³/mol. The number of nitrogens with two attached hydrogens (primary N) is 1. The van der Waals surface area contributed by atoms with E-state index < -0.39 is 0 Å². The van der Waals surface area contributed by atoms with Crippen LogP contribution in [0.2, 0.25) is 0 Å². The Hall–Kier alpha value is -1.78. The molecule has 2 aromatic rings. The number of nitrogen functional groups attached to an aromatic ring is 1. The minimum Gasteiger partial charge on any atom is -0.396 e. The van der Waals surface area contributed by atoms with Crippen LogP contribution in [0.15, 0.2) is 12.3 Å². The summed E-state index contributed by atoms with van der Waals surface area (Å²) in [6.07, 6.45) is 3.10. The van der Waals surface area contributed by atoms with Crippen molar-refractivity contribution < 1.29 is 0 Å². The minimum absolute atomic E-state index is 0.435. The maximum atomic E-state index is 5.92. The maximum Gasteiger partial charge on any atom is 0.0853 e. The molecule has 0 aromatic carbocycles. The van der Waals surface area contributed by atoms with Crippen LogP contribution in [0.1, 0.15) is 43.4 Å². The molecule has 1 atom stereocenters. The summed E-state index contributed by atoms with van der Waals surface area (Å²) >= 11 is 0. The van der Waals surface area contributed by atoms with Gasteiger partial charge in [0.1, 0.15) is 0 Å². The van der Waals surface area contributed by atoms with Crippen LogP contribution in [0.4, 0.5) is 5.69 Å². The summed E-state index contributed by atoms with van der Waals surface area (Å²) in [7, 11) is 0. The first-order valence-corrected chi connectivity index (χ1v) is 6.36. The van der Waals surface area contributed by atoms with Crippen molar-refractivity contribution in [3.63, 3.8) is 0 Å². The van der Waals surface area contributed by atoms with Gasteiger partial charge in [0.2, 0.25) is 0 Å². The smallest absolute Gasteiger partial charge is 0.0853 e. The van der Waals surface area contributed by atoms with E-state index in [9.17, 15) is 0 Å². The van der Waals surface area contributed by atoms with Crippen LogP contribution < -0.4 is 5.73 Å². The number of rotatable bonds is 4. The van der Waals surface area contributed by atoms with E-state index >= 15 is 0 Å². The van der Waals surface area contributed by atoms with Crippen LogP contribution in [0.3, 0.4) is 0 Å². The zero-order valence-corrected chi connectivity index (χ0v) is 11.5. The monoisotopic (exact) mass is 247 g/mol. The van der Waals surface area contributed by atoms with E-state index in [0.29, 0.717) is 12.6 Å². The Bertz CT molecular complexity index is 538. The highest BCUT2D eigenvalue weighted by molar-refractivity contribution is 5.46. The highest BCUT2D eigenvalue weighted by atomic mass is 15.3. The second-order valence-electron chi connectivity index (χ2n) is 4.79. The number of anilines is 1. The molecule has 2 N–H and O–H groups in total. The number of nitrogens with zero attached hydrogens (tertiary/aromatic N) is 4. The van der Waals surface area contributed by atoms with Crippen LogP contribution in [0.5, 0.6) is 0 Å². The van der Waals surface area contributed by atoms with E-state index in [0.717, 1.165) is 29.2 Å². The van der Waals surface area contributed by atoms with Gasteiger partial charge < -0.3 is 5.73 Å². The summed E-state index contributed by atoms with van der Waals surface area (Å²) < 4.78 is 3.92. The molecule has 5 nitrogen and oxygen atoms in total. The van der Waals surface area contributed by atoms with Gasteiger partial charge in [-0.05, 0) is 33.3 Å². The average Bonchev–Trinajstić information content (AvgIpc) is 2.91. The maximum absolute atomic E-state index is 5.92. The molecule has 0 saturated carbocycles. The lowest BCUT2D eigenvalue weighted by Crippen LogP contribution is -2.08. The largest absolute Gasteiger partial charge is 0.396 e. The standard InChI is InChI=1S/C13H21N5/c1-5-9(2)17-7-6-12(16-17)8-18-11(4)13(14)10(3)15-18/h6-7,9H,5,8,14H2,1-4H3. The van der Waals surface area contributed by atoms with Gasteiger partial charge in [-0.3, -0.25) is 9.36 Å². The van der Waals surface area contributed by atoms with Crippen molar-refractivity contribution in [3.8, 4) is 0 Å². The van der Waals surface area contributed by atoms with E-state index in [2.05, 4.69) is 24.0 Å². The fourth-order valence-corrected chi connectivity index (χ4v) is 1.91. The van der Waals surface area contributed by atoms with Gasteiger partial charge in [0, 0.05) is 12.2 Å². The molecule has 0 fully saturated rings. The molecule has 18 heavy (non-hydrogen) atoms. The van der Waals surface area contributed by atoms with Gasteiger partial charge in [-0.15, -0.1) is 0 Å². The summed E-state index contributed by atoms with van der Waals surface area (Å²) in [6.45, 7) is 8.91. The van der Waals surface area contributed by atoms with Gasteiger partial charge in [0.25, 0.3) is 0 Å². The lowest BCUT2D eigenvalue weighted by Gasteiger charge is -2.08. The van der Waals surface area contributed by atoms with Crippen molar-refractivity contribution in [1.82, 2.24) is 19.6 Å². The number of aromatic nitrogens is 4. The molecule has 98 valence electrons. The van der Waals surface area contributed by atoms with Crippen LogP contribution in [-0.4, -0.2) is 19.6 Å². The number of aryl methyl sites for hydroxylation is 1. The molecule has 0 bridgehead atoms. The van der Waals surface area contributed by atoms with E-state index in [-0.39, 0.29) is 0 Å². The first-order chi connectivity index (χ1) is 8.52. The highest BCUT2D eigenvalue weighted by Crippen LogP contribution is 2.16. The summed E-state index contributed by atoms with van der Waals surface area (Å²) in [4.78, 5) is 0. The summed E-state index contributed by atoms with van der Waals surface area (Å²) in [5, 5.41) is 8.99. The van der Waals surface area contributed by atoms with Gasteiger partial charge >= 0.3 is 0 Å². The fourth-order valence-electron chi connectivity index (χ4n) is 1.91. The molecule has 0 amide bonds. The molecule has 0 aliphatic heterocycles. The molecule has 2 aromatic heterocycles. The Labute approximate surface area is 108 Å². The second kappa shape index (κ2) is 4.84. The van der Waals surface area contributed by atoms with Gasteiger partial charge in [-0.2, -0.15) is 10.2 Å². The van der Waals surface area contributed by atoms with Crippen molar-refractivity contribution in [2.75, 3.05) is 5.73 Å². The van der Waals surface area contributed by atoms with Gasteiger partial charge in [-0.1, -0.05) is 6.92 Å². The summed E-state index contributed by atoms with van der Waals surface area (Å²) in [5.74, 6) is 0. The van der Waals surface area contributed by atoms with Crippen molar-refractivity contribution in [3.05, 3.63) is 29.3 Å². The molecule has 0 aliphatic carbocycles. The zero-order valence-electron chi connectivity index (χ0n) is 11.5. The molecular weight excluding hydrogens is 226 g/mol. The molecule has 5 heteroatoms. The Morgan fingerprint density at radius 1 is 1.33 bits per heavy atom. The van der Waals surface area contributed by atoms with Crippen molar-refractivity contribution >= 4 is 5.69 Å². The molecule has 0 spiro atoms. The van der Waals surface area contributed by atoms with Crippen LogP contribution in [0, 0.1) is 13.8 Å². The van der Waals surface area contributed by atoms with Gasteiger partial charge in [-0.25, -0.2) is 0 Å². The van der Waals surface area contributed by atoms with Crippen molar-refractivity contribution in [2.45, 2.75) is 46.7 Å².